The molecule has 0 atom stereocenters. The van der Waals surface area contributed by atoms with E-state index in [0.717, 1.165) is 11.3 Å². The van der Waals surface area contributed by atoms with Gasteiger partial charge in [0.25, 0.3) is 11.6 Å². The van der Waals surface area contributed by atoms with E-state index in [0.29, 0.717) is 18.7 Å². The lowest BCUT2D eigenvalue weighted by atomic mass is 10.2. The second-order valence-corrected chi connectivity index (χ2v) is 5.77. The van der Waals surface area contributed by atoms with Crippen LogP contribution in [0.2, 0.25) is 0 Å². The molecule has 0 saturated heterocycles. The van der Waals surface area contributed by atoms with Gasteiger partial charge in [0.05, 0.1) is 16.8 Å². The van der Waals surface area contributed by atoms with Gasteiger partial charge in [0, 0.05) is 24.9 Å². The number of nitrogens with zero attached hydrogens (tertiary/aromatic N) is 3. The number of non-ortho nitro benzene ring substituents is 1. The third kappa shape index (κ3) is 5.15. The van der Waals surface area contributed by atoms with E-state index in [-0.39, 0.29) is 18.2 Å². The largest absolute Gasteiger partial charge is 0.484 e. The van der Waals surface area contributed by atoms with Crippen molar-refractivity contribution in [3.05, 3.63) is 82.7 Å². The van der Waals surface area contributed by atoms with Crippen molar-refractivity contribution in [2.75, 3.05) is 13.2 Å². The van der Waals surface area contributed by atoms with Gasteiger partial charge in [-0.25, -0.2) is 4.68 Å². The van der Waals surface area contributed by atoms with E-state index in [1.54, 1.807) is 10.9 Å². The lowest BCUT2D eigenvalue weighted by Crippen LogP contribution is -2.30. The Hall–Kier alpha value is -3.68. The Morgan fingerprint density at radius 3 is 2.59 bits per heavy atom. The van der Waals surface area contributed by atoms with E-state index >= 15 is 0 Å². The summed E-state index contributed by atoms with van der Waals surface area (Å²) in [6, 6.07) is 15.4. The van der Waals surface area contributed by atoms with Gasteiger partial charge in [0.15, 0.2) is 6.61 Å². The van der Waals surface area contributed by atoms with Crippen molar-refractivity contribution < 1.29 is 14.5 Å². The smallest absolute Gasteiger partial charge is 0.269 e. The third-order valence-corrected chi connectivity index (χ3v) is 3.81. The molecular weight excluding hydrogens is 348 g/mol. The highest BCUT2D eigenvalue weighted by Crippen LogP contribution is 2.17. The number of para-hydroxylation sites is 1. The fourth-order valence-corrected chi connectivity index (χ4v) is 2.42. The lowest BCUT2D eigenvalue weighted by Gasteiger charge is -2.07. The summed E-state index contributed by atoms with van der Waals surface area (Å²) in [5.41, 5.74) is 1.96. The van der Waals surface area contributed by atoms with Crippen LogP contribution in [0.4, 0.5) is 5.69 Å². The first-order valence-corrected chi connectivity index (χ1v) is 8.35. The summed E-state index contributed by atoms with van der Waals surface area (Å²) >= 11 is 0. The molecule has 0 spiro atoms. The summed E-state index contributed by atoms with van der Waals surface area (Å²) in [7, 11) is 0. The molecule has 0 unspecified atom stereocenters. The van der Waals surface area contributed by atoms with Crippen LogP contribution in [0.15, 0.2) is 67.0 Å². The summed E-state index contributed by atoms with van der Waals surface area (Å²) < 4.78 is 7.10. The molecule has 0 fully saturated rings. The lowest BCUT2D eigenvalue weighted by molar-refractivity contribution is -0.384. The van der Waals surface area contributed by atoms with Crippen LogP contribution in [-0.4, -0.2) is 33.8 Å². The minimum absolute atomic E-state index is 0.0251. The molecule has 1 heterocycles. The van der Waals surface area contributed by atoms with E-state index in [4.69, 9.17) is 4.74 Å². The number of nitrogens with one attached hydrogen (secondary N) is 1. The van der Waals surface area contributed by atoms with Gasteiger partial charge in [-0.3, -0.25) is 14.9 Å². The molecule has 8 nitrogen and oxygen atoms in total. The zero-order valence-electron chi connectivity index (χ0n) is 14.4. The molecule has 0 saturated carbocycles. The Kier molecular flexibility index (Phi) is 5.78. The Morgan fingerprint density at radius 1 is 1.15 bits per heavy atom. The van der Waals surface area contributed by atoms with E-state index in [9.17, 15) is 14.9 Å². The highest BCUT2D eigenvalue weighted by molar-refractivity contribution is 5.77. The maximum Gasteiger partial charge on any atom is 0.269 e. The van der Waals surface area contributed by atoms with Crippen LogP contribution in [0.5, 0.6) is 5.75 Å². The summed E-state index contributed by atoms with van der Waals surface area (Å²) in [6.07, 6.45) is 4.34. The minimum Gasteiger partial charge on any atom is -0.484 e. The Labute approximate surface area is 155 Å². The predicted octanol–water partition coefficient (Wildman–Crippen LogP) is 2.52. The SMILES string of the molecule is O=C(COc1ccc([N+](=O)[O-])cc1)NCCc1cnn(-c2ccccc2)c1. The Balaban J connectivity index is 1.41. The second-order valence-electron chi connectivity index (χ2n) is 5.77. The van der Waals surface area contributed by atoms with Crippen molar-refractivity contribution in [1.29, 1.82) is 0 Å². The third-order valence-electron chi connectivity index (χ3n) is 3.81. The molecule has 3 aromatic rings. The quantitative estimate of drug-likeness (QED) is 0.488. The summed E-state index contributed by atoms with van der Waals surface area (Å²) in [5, 5.41) is 17.7. The minimum atomic E-state index is -0.490. The van der Waals surface area contributed by atoms with Gasteiger partial charge in [-0.2, -0.15) is 5.10 Å². The van der Waals surface area contributed by atoms with Crippen LogP contribution < -0.4 is 10.1 Å². The summed E-state index contributed by atoms with van der Waals surface area (Å²) in [5.74, 6) is 0.142. The summed E-state index contributed by atoms with van der Waals surface area (Å²) in [6.45, 7) is 0.310. The van der Waals surface area contributed by atoms with Crippen molar-refractivity contribution in [3.8, 4) is 11.4 Å². The van der Waals surface area contributed by atoms with Gasteiger partial charge < -0.3 is 10.1 Å². The number of nitro groups is 1. The molecule has 0 bridgehead atoms. The molecule has 0 radical (unpaired) electrons. The number of hydrogen-bond acceptors (Lipinski definition) is 5. The van der Waals surface area contributed by atoms with Crippen molar-refractivity contribution in [1.82, 2.24) is 15.1 Å². The first-order chi connectivity index (χ1) is 13.1. The first kappa shape index (κ1) is 18.1. The number of carbonyl (C=O) groups is 1. The maximum atomic E-state index is 11.8. The molecule has 3 rings (SSSR count). The Morgan fingerprint density at radius 2 is 1.89 bits per heavy atom. The average Bonchev–Trinajstić information content (AvgIpc) is 3.16. The zero-order valence-corrected chi connectivity index (χ0v) is 14.4. The van der Waals surface area contributed by atoms with Crippen LogP contribution in [0.3, 0.4) is 0 Å². The molecule has 2 aromatic carbocycles. The Bertz CT molecular complexity index is 907. The molecule has 138 valence electrons. The topological polar surface area (TPSA) is 99.3 Å². The number of aromatic nitrogens is 2. The molecule has 0 aliphatic heterocycles. The maximum absolute atomic E-state index is 11.8. The number of benzene rings is 2. The standard InChI is InChI=1S/C19H18N4O4/c24-19(14-27-18-8-6-17(7-9-18)23(25)26)20-11-10-15-12-21-22(13-15)16-4-2-1-3-5-16/h1-9,12-13H,10-11,14H2,(H,20,24). The molecule has 1 N–H and O–H groups in total. The number of carbonyl (C=O) groups excluding carboxylic acids is 1. The van der Waals surface area contributed by atoms with Crippen LogP contribution in [0.25, 0.3) is 5.69 Å². The van der Waals surface area contributed by atoms with Crippen LogP contribution in [0, 0.1) is 10.1 Å². The normalized spacial score (nSPS) is 10.4. The predicted molar refractivity (Wildman–Crippen MR) is 98.9 cm³/mol. The number of hydrogen-bond donors (Lipinski definition) is 1. The van der Waals surface area contributed by atoms with E-state index < -0.39 is 4.92 Å². The van der Waals surface area contributed by atoms with Gasteiger partial charge in [-0.05, 0) is 36.2 Å². The molecule has 0 aliphatic rings. The van der Waals surface area contributed by atoms with Crippen molar-refractivity contribution in [3.63, 3.8) is 0 Å². The van der Waals surface area contributed by atoms with Gasteiger partial charge in [-0.1, -0.05) is 18.2 Å². The number of amides is 1. The molecule has 1 aromatic heterocycles. The first-order valence-electron chi connectivity index (χ1n) is 8.35. The monoisotopic (exact) mass is 366 g/mol. The number of rotatable bonds is 8. The molecule has 1 amide bonds. The number of nitro benzene ring substituents is 1. The van der Waals surface area contributed by atoms with Gasteiger partial charge >= 0.3 is 0 Å². The second kappa shape index (κ2) is 8.61. The van der Waals surface area contributed by atoms with Gasteiger partial charge in [0.2, 0.25) is 0 Å². The summed E-state index contributed by atoms with van der Waals surface area (Å²) in [4.78, 5) is 21.9. The van der Waals surface area contributed by atoms with Crippen molar-refractivity contribution in [2.24, 2.45) is 0 Å². The highest BCUT2D eigenvalue weighted by Gasteiger charge is 2.07. The fraction of sp³-hybridized carbons (Fsp3) is 0.158. The fourth-order valence-electron chi connectivity index (χ4n) is 2.42. The molecule has 27 heavy (non-hydrogen) atoms. The van der Waals surface area contributed by atoms with Crippen LogP contribution >= 0.6 is 0 Å². The van der Waals surface area contributed by atoms with Crippen molar-refractivity contribution >= 4 is 11.6 Å². The van der Waals surface area contributed by atoms with E-state index in [1.165, 1.54) is 24.3 Å². The van der Waals surface area contributed by atoms with E-state index in [2.05, 4.69) is 10.4 Å². The average molecular weight is 366 g/mol. The van der Waals surface area contributed by atoms with Crippen LogP contribution in [0.1, 0.15) is 5.56 Å². The van der Waals surface area contributed by atoms with Gasteiger partial charge in [-0.15, -0.1) is 0 Å². The van der Waals surface area contributed by atoms with Gasteiger partial charge in [0.1, 0.15) is 5.75 Å². The highest BCUT2D eigenvalue weighted by atomic mass is 16.6. The van der Waals surface area contributed by atoms with E-state index in [1.807, 2.05) is 36.5 Å². The molecule has 8 heteroatoms. The zero-order chi connectivity index (χ0) is 19.1. The van der Waals surface area contributed by atoms with Crippen LogP contribution in [-0.2, 0) is 11.2 Å². The van der Waals surface area contributed by atoms with Crippen molar-refractivity contribution in [2.45, 2.75) is 6.42 Å². The number of ether oxygens (including phenoxy) is 1. The molecular formula is C19H18N4O4. The molecule has 0 aliphatic carbocycles.